The van der Waals surface area contributed by atoms with Crippen LogP contribution in [0.1, 0.15) is 104 Å². The lowest BCUT2D eigenvalue weighted by atomic mass is 9.96. The third-order valence-corrected chi connectivity index (χ3v) is 4.51. The Morgan fingerprint density at radius 2 is 1.00 bits per heavy atom. The molecule has 0 fully saturated rings. The van der Waals surface area contributed by atoms with Crippen LogP contribution in [-0.4, -0.2) is 11.7 Å². The number of aliphatic hydroxyl groups excluding tert-OH is 1. The predicted octanol–water partition coefficient (Wildman–Crippen LogP) is 7.21. The second-order valence-corrected chi connectivity index (χ2v) is 6.84. The van der Waals surface area contributed by atoms with Crippen molar-refractivity contribution >= 4 is 0 Å². The van der Waals surface area contributed by atoms with E-state index in [2.05, 4.69) is 38.2 Å². The van der Waals surface area contributed by atoms with E-state index < -0.39 is 0 Å². The van der Waals surface area contributed by atoms with Gasteiger partial charge in [0.15, 0.2) is 0 Å². The highest BCUT2D eigenvalue weighted by Crippen LogP contribution is 2.16. The first-order valence-electron chi connectivity index (χ1n) is 10.3. The lowest BCUT2D eigenvalue weighted by Crippen LogP contribution is -2.05. The Morgan fingerprint density at radius 1 is 0.609 bits per heavy atom. The van der Waals surface area contributed by atoms with Crippen molar-refractivity contribution in [1.29, 1.82) is 0 Å². The average molecular weight is 323 g/mol. The number of allylic oxidation sites excluding steroid dienone is 4. The van der Waals surface area contributed by atoms with Crippen LogP contribution in [0.4, 0.5) is 0 Å². The maximum absolute atomic E-state index is 9.49. The second-order valence-electron chi connectivity index (χ2n) is 6.84. The van der Waals surface area contributed by atoms with Gasteiger partial charge < -0.3 is 5.11 Å². The molecule has 0 aliphatic rings. The maximum atomic E-state index is 9.49. The molecule has 0 aliphatic heterocycles. The summed E-state index contributed by atoms with van der Waals surface area (Å²) in [5, 5.41) is 9.49. The summed E-state index contributed by atoms with van der Waals surface area (Å²) >= 11 is 0. The monoisotopic (exact) mass is 322 g/mol. The van der Waals surface area contributed by atoms with Gasteiger partial charge in [-0.1, -0.05) is 63.8 Å². The lowest BCUT2D eigenvalue weighted by molar-refractivity contribution is 0.207. The van der Waals surface area contributed by atoms with E-state index in [-0.39, 0.29) is 0 Å². The van der Waals surface area contributed by atoms with E-state index in [1.165, 1.54) is 89.9 Å². The second kappa shape index (κ2) is 19.5. The highest BCUT2D eigenvalue weighted by atomic mass is 16.3. The quantitative estimate of drug-likeness (QED) is 0.221. The Balaban J connectivity index is 3.48. The molecule has 0 atom stereocenters. The molecule has 0 aliphatic carbocycles. The molecule has 1 nitrogen and oxygen atoms in total. The molecule has 0 saturated carbocycles. The van der Waals surface area contributed by atoms with Gasteiger partial charge in [-0.3, -0.25) is 0 Å². The molecular weight excluding hydrogens is 280 g/mol. The molecule has 0 aromatic rings. The van der Waals surface area contributed by atoms with Crippen LogP contribution in [0.25, 0.3) is 0 Å². The van der Waals surface area contributed by atoms with E-state index in [0.717, 1.165) is 0 Å². The fourth-order valence-electron chi connectivity index (χ4n) is 2.87. The molecular formula is C22H42O. The molecule has 0 spiro atoms. The van der Waals surface area contributed by atoms with E-state index in [4.69, 9.17) is 0 Å². The Hall–Kier alpha value is -0.560. The van der Waals surface area contributed by atoms with Crippen LogP contribution in [0.3, 0.4) is 0 Å². The van der Waals surface area contributed by atoms with Crippen LogP contribution in [-0.2, 0) is 0 Å². The Morgan fingerprint density at radius 3 is 1.35 bits per heavy atom. The van der Waals surface area contributed by atoms with Crippen LogP contribution in [0.5, 0.6) is 0 Å². The van der Waals surface area contributed by atoms with Crippen LogP contribution in [0.2, 0.25) is 0 Å². The van der Waals surface area contributed by atoms with Crippen LogP contribution in [0, 0.1) is 5.92 Å². The van der Waals surface area contributed by atoms with Gasteiger partial charge in [-0.25, -0.2) is 0 Å². The highest BCUT2D eigenvalue weighted by molar-refractivity contribution is 4.83. The molecule has 0 heterocycles. The van der Waals surface area contributed by atoms with Gasteiger partial charge in [0.1, 0.15) is 0 Å². The fourth-order valence-corrected chi connectivity index (χ4v) is 2.87. The first-order valence-corrected chi connectivity index (χ1v) is 10.3. The molecule has 136 valence electrons. The molecule has 1 heteroatoms. The van der Waals surface area contributed by atoms with Gasteiger partial charge in [0, 0.05) is 6.61 Å². The van der Waals surface area contributed by atoms with E-state index in [1.807, 2.05) is 0 Å². The molecule has 0 amide bonds. The van der Waals surface area contributed by atoms with E-state index >= 15 is 0 Å². The minimum Gasteiger partial charge on any atom is -0.396 e. The fraction of sp³-hybridized carbons (Fsp3) is 0.818. The topological polar surface area (TPSA) is 20.2 Å². The molecule has 0 unspecified atom stereocenters. The van der Waals surface area contributed by atoms with Crippen molar-refractivity contribution < 1.29 is 5.11 Å². The van der Waals surface area contributed by atoms with Gasteiger partial charge in [-0.05, 0) is 70.1 Å². The number of aliphatic hydroxyl groups is 1. The summed E-state index contributed by atoms with van der Waals surface area (Å²) in [5.41, 5.74) is 0. The number of hydrogen-bond acceptors (Lipinski definition) is 1. The zero-order valence-corrected chi connectivity index (χ0v) is 15.9. The maximum Gasteiger partial charge on any atom is 0.0459 e. The molecule has 23 heavy (non-hydrogen) atoms. The predicted molar refractivity (Wildman–Crippen MR) is 105 cm³/mol. The zero-order valence-electron chi connectivity index (χ0n) is 15.9. The number of unbranched alkanes of at least 4 members (excludes halogenated alkanes) is 8. The third-order valence-electron chi connectivity index (χ3n) is 4.51. The normalized spacial score (nSPS) is 12.2. The zero-order chi connectivity index (χ0) is 17.0. The molecule has 0 bridgehead atoms. The summed E-state index contributed by atoms with van der Waals surface area (Å²) in [7, 11) is 0. The van der Waals surface area contributed by atoms with Crippen molar-refractivity contribution in [3.63, 3.8) is 0 Å². The summed E-state index contributed by atoms with van der Waals surface area (Å²) < 4.78 is 0. The van der Waals surface area contributed by atoms with Crippen LogP contribution < -0.4 is 0 Å². The smallest absolute Gasteiger partial charge is 0.0459 e. The van der Waals surface area contributed by atoms with Gasteiger partial charge in [-0.2, -0.15) is 0 Å². The summed E-state index contributed by atoms with van der Waals surface area (Å²) in [4.78, 5) is 0. The molecule has 0 saturated heterocycles. The Bertz CT molecular complexity index is 241. The van der Waals surface area contributed by atoms with Gasteiger partial charge in [0.25, 0.3) is 0 Å². The molecule has 0 aromatic heterocycles. The Kier molecular flexibility index (Phi) is 19.0. The lowest BCUT2D eigenvalue weighted by Gasteiger charge is -2.12. The Labute approximate surface area is 146 Å². The van der Waals surface area contributed by atoms with Crippen molar-refractivity contribution in [1.82, 2.24) is 0 Å². The molecule has 0 rings (SSSR count). The molecule has 1 N–H and O–H groups in total. The third kappa shape index (κ3) is 17.6. The summed E-state index contributed by atoms with van der Waals surface area (Å²) in [6.07, 6.45) is 27.0. The summed E-state index contributed by atoms with van der Waals surface area (Å²) in [6, 6.07) is 0. The van der Waals surface area contributed by atoms with Crippen LogP contribution >= 0.6 is 0 Å². The summed E-state index contributed by atoms with van der Waals surface area (Å²) in [6.45, 7) is 4.86. The first-order chi connectivity index (χ1) is 11.3. The van der Waals surface area contributed by atoms with Crippen LogP contribution in [0.15, 0.2) is 24.3 Å². The van der Waals surface area contributed by atoms with Crippen molar-refractivity contribution in [3.05, 3.63) is 24.3 Å². The van der Waals surface area contributed by atoms with Crippen molar-refractivity contribution in [3.8, 4) is 0 Å². The van der Waals surface area contributed by atoms with Gasteiger partial charge in [0.05, 0.1) is 0 Å². The largest absolute Gasteiger partial charge is 0.396 e. The van der Waals surface area contributed by atoms with E-state index in [0.29, 0.717) is 12.5 Å². The minimum atomic E-state index is 0.362. The summed E-state index contributed by atoms with van der Waals surface area (Å²) in [5.74, 6) is 0.511. The van der Waals surface area contributed by atoms with Crippen molar-refractivity contribution in [2.24, 2.45) is 5.92 Å². The number of rotatable bonds is 17. The van der Waals surface area contributed by atoms with Gasteiger partial charge >= 0.3 is 0 Å². The average Bonchev–Trinajstić information content (AvgIpc) is 2.57. The standard InChI is InChI=1S/C22H42O/c1-3-5-7-9-11-13-15-17-19-22(21-23)20-18-16-14-12-10-8-6-4-2/h11-14,22-23H,3-10,15-21H2,1-2H3/b13-11-,14-12-. The number of hydrogen-bond donors (Lipinski definition) is 1. The SMILES string of the molecule is CCCCC/C=C\CCCC(CO)CCC/C=C\CCCCC. The highest BCUT2D eigenvalue weighted by Gasteiger charge is 2.05. The van der Waals surface area contributed by atoms with E-state index in [9.17, 15) is 5.11 Å². The molecule has 0 radical (unpaired) electrons. The van der Waals surface area contributed by atoms with Crippen molar-refractivity contribution in [2.45, 2.75) is 104 Å². The van der Waals surface area contributed by atoms with Gasteiger partial charge in [0.2, 0.25) is 0 Å². The van der Waals surface area contributed by atoms with Gasteiger partial charge in [-0.15, -0.1) is 0 Å². The van der Waals surface area contributed by atoms with E-state index in [1.54, 1.807) is 0 Å². The first kappa shape index (κ1) is 22.4. The minimum absolute atomic E-state index is 0.362. The van der Waals surface area contributed by atoms with Crippen molar-refractivity contribution in [2.75, 3.05) is 6.61 Å². The molecule has 0 aromatic carbocycles.